The number of benzene rings is 1. The highest BCUT2D eigenvalue weighted by atomic mass is 32.1. The van der Waals surface area contributed by atoms with Gasteiger partial charge in [-0.05, 0) is 68.7 Å². The minimum atomic E-state index is -1.07. The van der Waals surface area contributed by atoms with Gasteiger partial charge in [0.2, 0.25) is 0 Å². The number of thiazole rings is 2. The van der Waals surface area contributed by atoms with Crippen molar-refractivity contribution in [2.24, 2.45) is 5.41 Å². The Morgan fingerprint density at radius 2 is 1.85 bits per heavy atom. The van der Waals surface area contributed by atoms with Gasteiger partial charge < -0.3 is 20.1 Å². The first-order valence-electron chi connectivity index (χ1n) is 16.2. The molecular formula is C34H42N8O3S2. The van der Waals surface area contributed by atoms with Crippen LogP contribution in [0.4, 0.5) is 21.9 Å². The Bertz CT molecular complexity index is 1810. The number of anilines is 4. The number of aryl methyl sites for hydroxylation is 1. The molecule has 13 heteroatoms. The Balaban J connectivity index is 1.24. The Hall–Kier alpha value is -3.94. The third-order valence-electron chi connectivity index (χ3n) is 9.24. The van der Waals surface area contributed by atoms with Crippen molar-refractivity contribution < 1.29 is 14.6 Å². The highest BCUT2D eigenvalue weighted by Gasteiger charge is 2.32. The van der Waals surface area contributed by atoms with Crippen LogP contribution in [0, 0.1) is 19.3 Å². The number of para-hydroxylation sites is 1. The number of rotatable bonds is 12. The van der Waals surface area contributed by atoms with Crippen molar-refractivity contribution >= 4 is 60.8 Å². The van der Waals surface area contributed by atoms with Gasteiger partial charge in [0, 0.05) is 38.6 Å². The largest absolute Gasteiger partial charge is 0.476 e. The minimum absolute atomic E-state index is 0.0130. The molecule has 5 aromatic rings. The van der Waals surface area contributed by atoms with Crippen LogP contribution in [0.25, 0.3) is 20.7 Å². The van der Waals surface area contributed by atoms with E-state index in [2.05, 4.69) is 30.2 Å². The van der Waals surface area contributed by atoms with Gasteiger partial charge in [0.1, 0.15) is 0 Å². The van der Waals surface area contributed by atoms with Crippen LogP contribution in [-0.2, 0) is 11.3 Å². The smallest absolute Gasteiger partial charge is 0.356 e. The summed E-state index contributed by atoms with van der Waals surface area (Å²) in [5.41, 5.74) is 3.74. The van der Waals surface area contributed by atoms with Gasteiger partial charge in [-0.3, -0.25) is 4.68 Å². The molecule has 0 unspecified atom stereocenters. The molecule has 1 saturated carbocycles. The molecular weight excluding hydrogens is 633 g/mol. The van der Waals surface area contributed by atoms with Crippen LogP contribution in [0.3, 0.4) is 0 Å². The van der Waals surface area contributed by atoms with Crippen molar-refractivity contribution in [3.8, 4) is 10.4 Å². The lowest BCUT2D eigenvalue weighted by molar-refractivity contribution is 0.0692. The normalized spacial score (nSPS) is 15.0. The van der Waals surface area contributed by atoms with E-state index >= 15 is 0 Å². The zero-order valence-corrected chi connectivity index (χ0v) is 29.1. The van der Waals surface area contributed by atoms with Gasteiger partial charge in [0.05, 0.1) is 21.3 Å². The SMILES string of the molecule is COCCCC1(Cn2ncc(-c3sc(N(C)c4cc(C)c(Nc5nc6ccccc6s5)nn4)nc3C(=O)O)c2C)CCCCCCC1. The lowest BCUT2D eigenvalue weighted by Gasteiger charge is -2.36. The molecule has 6 rings (SSSR count). The van der Waals surface area contributed by atoms with Crippen molar-refractivity contribution in [3.05, 3.63) is 53.5 Å². The van der Waals surface area contributed by atoms with Gasteiger partial charge in [0.25, 0.3) is 0 Å². The van der Waals surface area contributed by atoms with Crippen LogP contribution < -0.4 is 10.2 Å². The number of aromatic carboxylic acids is 1. The molecule has 0 amide bonds. The van der Waals surface area contributed by atoms with Crippen LogP contribution in [0.5, 0.6) is 0 Å². The van der Waals surface area contributed by atoms with Crippen LogP contribution in [-0.4, -0.2) is 61.8 Å². The van der Waals surface area contributed by atoms with Crippen LogP contribution in [0.1, 0.15) is 79.5 Å². The Labute approximate surface area is 283 Å². The lowest BCUT2D eigenvalue weighted by atomic mass is 9.73. The molecule has 1 fully saturated rings. The van der Waals surface area contributed by atoms with E-state index in [0.717, 1.165) is 58.2 Å². The van der Waals surface area contributed by atoms with Gasteiger partial charge in [-0.1, -0.05) is 66.9 Å². The topological polar surface area (TPSA) is 131 Å². The minimum Gasteiger partial charge on any atom is -0.476 e. The summed E-state index contributed by atoms with van der Waals surface area (Å²) in [6, 6.07) is 9.89. The maximum atomic E-state index is 12.5. The summed E-state index contributed by atoms with van der Waals surface area (Å²) in [5, 5.41) is 28.4. The van der Waals surface area contributed by atoms with Crippen molar-refractivity contribution in [2.45, 2.75) is 78.2 Å². The molecule has 4 aromatic heterocycles. The maximum absolute atomic E-state index is 12.5. The molecule has 0 saturated heterocycles. The highest BCUT2D eigenvalue weighted by Crippen LogP contribution is 2.42. The monoisotopic (exact) mass is 674 g/mol. The number of carboxylic acids is 1. The maximum Gasteiger partial charge on any atom is 0.356 e. The van der Waals surface area contributed by atoms with Crippen LogP contribution in [0.2, 0.25) is 0 Å². The first kappa shape index (κ1) is 33.0. The summed E-state index contributed by atoms with van der Waals surface area (Å²) in [7, 11) is 3.59. The second-order valence-electron chi connectivity index (χ2n) is 12.5. The summed E-state index contributed by atoms with van der Waals surface area (Å²) in [6.45, 7) is 5.57. The predicted molar refractivity (Wildman–Crippen MR) is 189 cm³/mol. The number of aromatic nitrogens is 6. The third-order valence-corrected chi connectivity index (χ3v) is 11.4. The van der Waals surface area contributed by atoms with Crippen molar-refractivity contribution in [1.82, 2.24) is 29.9 Å². The molecule has 1 aromatic carbocycles. The number of methoxy groups -OCH3 is 1. The van der Waals surface area contributed by atoms with E-state index in [0.29, 0.717) is 21.6 Å². The Morgan fingerprint density at radius 1 is 1.09 bits per heavy atom. The third kappa shape index (κ3) is 7.31. The first-order chi connectivity index (χ1) is 22.8. The van der Waals surface area contributed by atoms with Gasteiger partial charge in [0.15, 0.2) is 27.6 Å². The van der Waals surface area contributed by atoms with E-state index in [-0.39, 0.29) is 11.1 Å². The number of hydrogen-bond acceptors (Lipinski definition) is 11. The fourth-order valence-electron chi connectivity index (χ4n) is 6.54. The van der Waals surface area contributed by atoms with Crippen molar-refractivity contribution in [1.29, 1.82) is 0 Å². The fraction of sp³-hybridized carbons (Fsp3) is 0.471. The van der Waals surface area contributed by atoms with E-state index in [1.54, 1.807) is 29.5 Å². The zero-order chi connectivity index (χ0) is 33.0. The predicted octanol–water partition coefficient (Wildman–Crippen LogP) is 8.39. The van der Waals surface area contributed by atoms with Crippen LogP contribution in [0.15, 0.2) is 36.5 Å². The summed E-state index contributed by atoms with van der Waals surface area (Å²) in [5.74, 6) is 0.0978. The number of fused-ring (bicyclic) bond motifs is 1. The number of nitrogens with one attached hydrogen (secondary N) is 1. The molecule has 4 heterocycles. The molecule has 0 radical (unpaired) electrons. The molecule has 1 aliphatic carbocycles. The van der Waals surface area contributed by atoms with E-state index < -0.39 is 5.97 Å². The molecule has 2 N–H and O–H groups in total. The standard InChI is InChI=1S/C34H42N8O3S2/c1-22-19-27(39-40-30(22)38-32-36-25-13-8-9-14-26(25)46-32)41(3)33-37-28(31(43)44)29(47-33)24-20-35-42(23(24)2)21-34(17-12-18-45-4)15-10-6-5-7-11-16-34/h8-9,13-14,19-20H,5-7,10-12,15-18,21H2,1-4H3,(H,43,44)(H,36,38,40). The second-order valence-corrected chi connectivity index (χ2v) is 14.6. The molecule has 1 aliphatic rings. The first-order valence-corrected chi connectivity index (χ1v) is 17.9. The fourth-order valence-corrected chi connectivity index (χ4v) is 8.50. The molecule has 248 valence electrons. The number of nitrogens with zero attached hydrogens (tertiary/aromatic N) is 7. The zero-order valence-electron chi connectivity index (χ0n) is 27.5. The van der Waals surface area contributed by atoms with Gasteiger partial charge in [-0.15, -0.1) is 10.2 Å². The summed E-state index contributed by atoms with van der Waals surface area (Å²) >= 11 is 2.88. The number of ether oxygens (including phenoxy) is 1. The van der Waals surface area contributed by atoms with E-state index in [1.807, 2.05) is 51.2 Å². The highest BCUT2D eigenvalue weighted by molar-refractivity contribution is 7.22. The van der Waals surface area contributed by atoms with E-state index in [4.69, 9.17) is 9.84 Å². The molecule has 0 spiro atoms. The summed E-state index contributed by atoms with van der Waals surface area (Å²) in [6.07, 6.45) is 12.6. The molecule has 0 atom stereocenters. The average molecular weight is 675 g/mol. The van der Waals surface area contributed by atoms with Gasteiger partial charge >= 0.3 is 5.97 Å². The molecule has 11 nitrogen and oxygen atoms in total. The van der Waals surface area contributed by atoms with Crippen molar-refractivity contribution in [2.75, 3.05) is 31.0 Å². The lowest BCUT2D eigenvalue weighted by Crippen LogP contribution is -2.29. The number of hydrogen-bond donors (Lipinski definition) is 2. The van der Waals surface area contributed by atoms with Gasteiger partial charge in [-0.25, -0.2) is 14.8 Å². The summed E-state index contributed by atoms with van der Waals surface area (Å²) < 4.78 is 8.58. The summed E-state index contributed by atoms with van der Waals surface area (Å²) in [4.78, 5) is 24.0. The van der Waals surface area contributed by atoms with E-state index in [9.17, 15) is 9.90 Å². The quantitative estimate of drug-likeness (QED) is 0.124. The number of carboxylic acid groups (broad SMARTS) is 1. The average Bonchev–Trinajstić information content (AvgIpc) is 3.76. The van der Waals surface area contributed by atoms with E-state index in [1.165, 1.54) is 56.3 Å². The Morgan fingerprint density at radius 3 is 2.57 bits per heavy atom. The molecule has 0 bridgehead atoms. The van der Waals surface area contributed by atoms with Gasteiger partial charge in [-0.2, -0.15) is 5.10 Å². The second kappa shape index (κ2) is 14.4. The molecule has 0 aliphatic heterocycles. The van der Waals surface area contributed by atoms with Crippen molar-refractivity contribution in [3.63, 3.8) is 0 Å². The molecule has 47 heavy (non-hydrogen) atoms. The Kier molecular flexibility index (Phi) is 10.1. The number of carbonyl (C=O) groups is 1. The van der Waals surface area contributed by atoms with Crippen LogP contribution >= 0.6 is 22.7 Å².